The fraction of sp³-hybridized carbons (Fsp3) is 0.143. The van der Waals surface area contributed by atoms with Crippen molar-refractivity contribution in [2.24, 2.45) is 4.99 Å². The third-order valence-corrected chi connectivity index (χ3v) is 7.40. The number of fused-ring (bicyclic) bond motifs is 1. The van der Waals surface area contributed by atoms with Crippen molar-refractivity contribution in [3.8, 4) is 11.5 Å². The zero-order valence-electron chi connectivity index (χ0n) is 20.8. The van der Waals surface area contributed by atoms with Crippen LogP contribution in [0.15, 0.2) is 76.8 Å². The number of amidine groups is 1. The highest BCUT2D eigenvalue weighted by Gasteiger charge is 2.33. The summed E-state index contributed by atoms with van der Waals surface area (Å²) in [4.78, 5) is 34.1. The first kappa shape index (κ1) is 26.3. The molecule has 0 unspecified atom stereocenters. The van der Waals surface area contributed by atoms with Gasteiger partial charge >= 0.3 is 0 Å². The molecule has 4 aromatic rings. The standard InChI is InChI=1S/C28H23ClN4O5S/c1-2-38-24-14-17(13-22(29)26(24)34)15-25-27(35)32(12-11-18-16-30-23-6-4-3-5-21(18)23)28(39-25)31-19-7-9-20(10-8-19)33(36)37/h3-10,13-16,30,34H,2,11-12H2,1H3/b25-15-,31-28?. The van der Waals surface area contributed by atoms with Crippen molar-refractivity contribution in [3.63, 3.8) is 0 Å². The number of nitro benzene ring substituents is 1. The topological polar surface area (TPSA) is 121 Å². The lowest BCUT2D eigenvalue weighted by atomic mass is 10.1. The minimum Gasteiger partial charge on any atom is -0.503 e. The number of aromatic amines is 1. The molecule has 5 rings (SSSR count). The zero-order chi connectivity index (χ0) is 27.5. The number of ether oxygens (including phenoxy) is 1. The minimum absolute atomic E-state index is 0.0415. The van der Waals surface area contributed by atoms with Gasteiger partial charge in [0.05, 0.1) is 27.1 Å². The molecular formula is C28H23ClN4O5S. The number of benzene rings is 3. The number of carbonyl (C=O) groups excluding carboxylic acids is 1. The van der Waals surface area contributed by atoms with Crippen molar-refractivity contribution in [1.29, 1.82) is 0 Å². The maximum absolute atomic E-state index is 13.6. The largest absolute Gasteiger partial charge is 0.503 e. The van der Waals surface area contributed by atoms with Crippen LogP contribution in [0.2, 0.25) is 5.02 Å². The molecule has 1 amide bonds. The number of phenols is 1. The second kappa shape index (κ2) is 11.2. The molecule has 11 heteroatoms. The molecule has 2 N–H and O–H groups in total. The highest BCUT2D eigenvalue weighted by atomic mass is 35.5. The van der Waals surface area contributed by atoms with Gasteiger partial charge in [0.15, 0.2) is 16.7 Å². The third-order valence-electron chi connectivity index (χ3n) is 6.10. The molecule has 0 atom stereocenters. The zero-order valence-corrected chi connectivity index (χ0v) is 22.3. The van der Waals surface area contributed by atoms with Gasteiger partial charge in [-0.3, -0.25) is 19.8 Å². The normalized spacial score (nSPS) is 15.5. The van der Waals surface area contributed by atoms with Gasteiger partial charge in [-0.1, -0.05) is 29.8 Å². The SMILES string of the molecule is CCOc1cc(/C=C2\SC(=Nc3ccc([N+](=O)[O-])cc3)N(CCc3c[nH]c4ccccc34)C2=O)cc(Cl)c1O. The van der Waals surface area contributed by atoms with E-state index < -0.39 is 4.92 Å². The average molecular weight is 563 g/mol. The molecule has 0 saturated carbocycles. The van der Waals surface area contributed by atoms with E-state index in [0.29, 0.717) is 40.9 Å². The molecule has 39 heavy (non-hydrogen) atoms. The van der Waals surface area contributed by atoms with E-state index in [0.717, 1.165) is 16.5 Å². The summed E-state index contributed by atoms with van der Waals surface area (Å²) in [6.07, 6.45) is 4.20. The number of phenolic OH excluding ortho intramolecular Hbond substituents is 1. The summed E-state index contributed by atoms with van der Waals surface area (Å²) in [5, 5.41) is 22.9. The van der Waals surface area contributed by atoms with E-state index in [9.17, 15) is 20.0 Å². The van der Waals surface area contributed by atoms with Crippen LogP contribution in [0.5, 0.6) is 11.5 Å². The lowest BCUT2D eigenvalue weighted by Crippen LogP contribution is -2.31. The molecule has 9 nitrogen and oxygen atoms in total. The van der Waals surface area contributed by atoms with Gasteiger partial charge in [0, 0.05) is 35.8 Å². The minimum atomic E-state index is -0.474. The summed E-state index contributed by atoms with van der Waals surface area (Å²) in [5.41, 5.74) is 3.12. The number of aromatic hydroxyl groups is 1. The maximum Gasteiger partial charge on any atom is 0.269 e. The van der Waals surface area contributed by atoms with Crippen molar-refractivity contribution < 1.29 is 19.6 Å². The molecule has 2 heterocycles. The van der Waals surface area contributed by atoms with Crippen molar-refractivity contribution in [3.05, 3.63) is 98.0 Å². The molecule has 0 spiro atoms. The van der Waals surface area contributed by atoms with Gasteiger partial charge in [-0.05, 0) is 72.6 Å². The number of non-ortho nitro benzene ring substituents is 1. The first-order valence-corrected chi connectivity index (χ1v) is 13.3. The molecule has 3 aromatic carbocycles. The number of halogens is 1. The predicted molar refractivity (Wildman–Crippen MR) is 154 cm³/mol. The lowest BCUT2D eigenvalue weighted by Gasteiger charge is -2.15. The van der Waals surface area contributed by atoms with E-state index in [1.165, 1.54) is 23.9 Å². The second-order valence-corrected chi connectivity index (χ2v) is 10.0. The van der Waals surface area contributed by atoms with Crippen LogP contribution in [0.4, 0.5) is 11.4 Å². The smallest absolute Gasteiger partial charge is 0.269 e. The number of aliphatic imine (C=N–C) groups is 1. The summed E-state index contributed by atoms with van der Waals surface area (Å²) >= 11 is 7.39. The lowest BCUT2D eigenvalue weighted by molar-refractivity contribution is -0.384. The number of hydrogen-bond donors (Lipinski definition) is 2. The number of rotatable bonds is 8. The first-order chi connectivity index (χ1) is 18.8. The summed E-state index contributed by atoms with van der Waals surface area (Å²) in [6.45, 7) is 2.50. The summed E-state index contributed by atoms with van der Waals surface area (Å²) in [5.74, 6) is -0.169. The number of carbonyl (C=O) groups is 1. The number of amides is 1. The van der Waals surface area contributed by atoms with E-state index in [4.69, 9.17) is 16.3 Å². The fourth-order valence-electron chi connectivity index (χ4n) is 4.21. The third kappa shape index (κ3) is 5.62. The van der Waals surface area contributed by atoms with E-state index in [1.807, 2.05) is 30.5 Å². The van der Waals surface area contributed by atoms with E-state index in [1.54, 1.807) is 42.2 Å². The van der Waals surface area contributed by atoms with Crippen LogP contribution in [0.25, 0.3) is 17.0 Å². The molecule has 0 radical (unpaired) electrons. The van der Waals surface area contributed by atoms with E-state index >= 15 is 0 Å². The van der Waals surface area contributed by atoms with Crippen LogP contribution in [0, 0.1) is 10.1 Å². The molecule has 0 aliphatic carbocycles. The monoisotopic (exact) mass is 562 g/mol. The van der Waals surface area contributed by atoms with Crippen molar-refractivity contribution in [2.75, 3.05) is 13.2 Å². The second-order valence-electron chi connectivity index (χ2n) is 8.63. The van der Waals surface area contributed by atoms with E-state index in [2.05, 4.69) is 9.98 Å². The molecular weight excluding hydrogens is 540 g/mol. The van der Waals surface area contributed by atoms with Crippen LogP contribution in [0.1, 0.15) is 18.1 Å². The van der Waals surface area contributed by atoms with Crippen LogP contribution >= 0.6 is 23.4 Å². The average Bonchev–Trinajstić information content (AvgIpc) is 3.46. The van der Waals surface area contributed by atoms with Gasteiger partial charge in [-0.2, -0.15) is 0 Å². The summed E-state index contributed by atoms with van der Waals surface area (Å²) < 4.78 is 5.47. The van der Waals surface area contributed by atoms with Crippen molar-refractivity contribution in [1.82, 2.24) is 9.88 Å². The molecule has 1 saturated heterocycles. The van der Waals surface area contributed by atoms with Crippen LogP contribution in [0.3, 0.4) is 0 Å². The highest BCUT2D eigenvalue weighted by Crippen LogP contribution is 2.39. The number of aromatic nitrogens is 1. The first-order valence-electron chi connectivity index (χ1n) is 12.1. The molecule has 198 valence electrons. The Morgan fingerprint density at radius 1 is 1.21 bits per heavy atom. The summed E-state index contributed by atoms with van der Waals surface area (Å²) in [6, 6.07) is 17.0. The molecule has 1 fully saturated rings. The molecule has 1 aliphatic rings. The number of H-pyrrole nitrogens is 1. The predicted octanol–water partition coefficient (Wildman–Crippen LogP) is 6.68. The Morgan fingerprint density at radius 3 is 2.72 bits per heavy atom. The number of hydrogen-bond acceptors (Lipinski definition) is 7. The van der Waals surface area contributed by atoms with Gasteiger partial charge < -0.3 is 14.8 Å². The van der Waals surface area contributed by atoms with Gasteiger partial charge in [0.25, 0.3) is 11.6 Å². The van der Waals surface area contributed by atoms with Gasteiger partial charge in [0.1, 0.15) is 0 Å². The number of nitrogens with one attached hydrogen (secondary N) is 1. The number of nitrogens with zero attached hydrogens (tertiary/aromatic N) is 3. The molecule has 1 aromatic heterocycles. The molecule has 1 aliphatic heterocycles. The fourth-order valence-corrected chi connectivity index (χ4v) is 5.46. The highest BCUT2D eigenvalue weighted by molar-refractivity contribution is 8.18. The maximum atomic E-state index is 13.6. The van der Waals surface area contributed by atoms with Crippen LogP contribution in [-0.2, 0) is 11.2 Å². The van der Waals surface area contributed by atoms with Gasteiger partial charge in [-0.25, -0.2) is 4.99 Å². The quantitative estimate of drug-likeness (QED) is 0.140. The number of nitro groups is 1. The Morgan fingerprint density at radius 2 is 1.97 bits per heavy atom. The Hall–Kier alpha value is -4.28. The molecule has 0 bridgehead atoms. The Kier molecular flexibility index (Phi) is 7.58. The summed E-state index contributed by atoms with van der Waals surface area (Å²) in [7, 11) is 0. The van der Waals surface area contributed by atoms with E-state index in [-0.39, 0.29) is 28.1 Å². The Bertz CT molecular complexity index is 1630. The number of para-hydroxylation sites is 1. The number of thioether (sulfide) groups is 1. The van der Waals surface area contributed by atoms with Crippen LogP contribution in [-0.4, -0.2) is 44.1 Å². The Labute approximate surface area is 232 Å². The van der Waals surface area contributed by atoms with Gasteiger partial charge in [0.2, 0.25) is 0 Å². The Balaban J connectivity index is 1.48. The van der Waals surface area contributed by atoms with Gasteiger partial charge in [-0.15, -0.1) is 0 Å². The van der Waals surface area contributed by atoms with Crippen molar-refractivity contribution >= 4 is 62.8 Å². The van der Waals surface area contributed by atoms with Crippen molar-refractivity contribution in [2.45, 2.75) is 13.3 Å². The van der Waals surface area contributed by atoms with Crippen LogP contribution < -0.4 is 4.74 Å².